The molecular weight excluding hydrogens is 226 g/mol. The smallest absolute Gasteiger partial charge is 0.322 e. The minimum atomic E-state index is -0.207. The molecule has 0 aromatic carbocycles. The Bertz CT molecular complexity index is 349. The number of aliphatic hydroxyl groups is 1. The monoisotopic (exact) mass is 243 g/mol. The van der Waals surface area contributed by atoms with Gasteiger partial charge in [0.15, 0.2) is 0 Å². The summed E-state index contributed by atoms with van der Waals surface area (Å²) in [4.78, 5) is 11.6. The molecule has 0 amide bonds. The van der Waals surface area contributed by atoms with Crippen LogP contribution in [0.3, 0.4) is 0 Å². The van der Waals surface area contributed by atoms with Crippen LogP contribution in [0, 0.1) is 0 Å². The molecule has 1 unspecified atom stereocenters. The Morgan fingerprint density at radius 3 is 2.71 bits per heavy atom. The fourth-order valence-corrected chi connectivity index (χ4v) is 1.18. The molecule has 0 spiro atoms. The molecule has 1 atom stereocenters. The second-order valence-electron chi connectivity index (χ2n) is 3.31. The summed E-state index contributed by atoms with van der Waals surface area (Å²) < 4.78 is 9.79. The molecule has 8 nitrogen and oxygen atoms in total. The van der Waals surface area contributed by atoms with Crippen molar-refractivity contribution in [3.05, 3.63) is 0 Å². The Morgan fingerprint density at radius 2 is 2.12 bits per heavy atom. The molecule has 0 fully saturated rings. The van der Waals surface area contributed by atoms with Gasteiger partial charge in [0.05, 0.1) is 19.8 Å². The van der Waals surface area contributed by atoms with E-state index >= 15 is 0 Å². The number of rotatable bonds is 7. The topological polar surface area (TPSA) is 115 Å². The van der Waals surface area contributed by atoms with Gasteiger partial charge in [0.1, 0.15) is 0 Å². The maximum atomic E-state index is 9.16. The number of nitrogens with zero attached hydrogens (tertiary/aromatic N) is 3. The third kappa shape index (κ3) is 4.37. The molecule has 0 saturated carbocycles. The lowest BCUT2D eigenvalue weighted by Gasteiger charge is -2.15. The molecule has 1 aromatic heterocycles. The molecule has 96 valence electrons. The first kappa shape index (κ1) is 13.4. The van der Waals surface area contributed by atoms with E-state index in [1.807, 2.05) is 0 Å². The Morgan fingerprint density at radius 1 is 1.35 bits per heavy atom. The van der Waals surface area contributed by atoms with Gasteiger partial charge in [0.25, 0.3) is 0 Å². The summed E-state index contributed by atoms with van der Waals surface area (Å²) in [5.74, 6) is 0.326. The molecule has 4 N–H and O–H groups in total. The lowest BCUT2D eigenvalue weighted by molar-refractivity contribution is 0.174. The van der Waals surface area contributed by atoms with Gasteiger partial charge in [-0.15, -0.1) is 0 Å². The quantitative estimate of drug-likeness (QED) is 0.574. The lowest BCUT2D eigenvalue weighted by atomic mass is 10.2. The highest BCUT2D eigenvalue weighted by Gasteiger charge is 2.11. The zero-order valence-corrected chi connectivity index (χ0v) is 9.88. The summed E-state index contributed by atoms with van der Waals surface area (Å²) >= 11 is 0. The molecule has 0 saturated heterocycles. The van der Waals surface area contributed by atoms with Crippen molar-refractivity contribution in [2.75, 3.05) is 38.5 Å². The van der Waals surface area contributed by atoms with Crippen LogP contribution in [0.15, 0.2) is 0 Å². The van der Waals surface area contributed by atoms with E-state index in [1.165, 1.54) is 7.11 Å². The minimum absolute atomic E-state index is 0.0581. The van der Waals surface area contributed by atoms with Crippen molar-refractivity contribution in [3.8, 4) is 6.01 Å². The molecule has 17 heavy (non-hydrogen) atoms. The summed E-state index contributed by atoms with van der Waals surface area (Å²) in [6.07, 6.45) is 0.626. The summed E-state index contributed by atoms with van der Waals surface area (Å²) in [5.41, 5.74) is 5.48. The zero-order chi connectivity index (χ0) is 12.7. The maximum absolute atomic E-state index is 9.16. The van der Waals surface area contributed by atoms with Crippen LogP contribution >= 0.6 is 0 Å². The van der Waals surface area contributed by atoms with E-state index in [1.54, 1.807) is 7.11 Å². The third-order valence-corrected chi connectivity index (χ3v) is 2.04. The van der Waals surface area contributed by atoms with E-state index in [4.69, 9.17) is 20.3 Å². The minimum Gasteiger partial charge on any atom is -0.467 e. The zero-order valence-electron chi connectivity index (χ0n) is 9.88. The van der Waals surface area contributed by atoms with Crippen LogP contribution in [-0.4, -0.2) is 53.5 Å². The fourth-order valence-electron chi connectivity index (χ4n) is 1.18. The predicted octanol–water partition coefficient (Wildman–Crippen LogP) is -0.728. The number of aromatic nitrogens is 3. The molecule has 1 aromatic rings. The van der Waals surface area contributed by atoms with E-state index in [9.17, 15) is 0 Å². The average molecular weight is 243 g/mol. The number of anilines is 2. The lowest BCUT2D eigenvalue weighted by Crippen LogP contribution is -2.26. The molecule has 0 bridgehead atoms. The highest BCUT2D eigenvalue weighted by atomic mass is 16.5. The number of aliphatic hydroxyl groups excluding tert-OH is 1. The Kier molecular flexibility index (Phi) is 5.37. The first-order chi connectivity index (χ1) is 8.19. The van der Waals surface area contributed by atoms with Gasteiger partial charge in [0.2, 0.25) is 11.9 Å². The number of hydrogen-bond acceptors (Lipinski definition) is 8. The van der Waals surface area contributed by atoms with Gasteiger partial charge in [-0.3, -0.25) is 0 Å². The molecule has 8 heteroatoms. The normalized spacial score (nSPS) is 12.2. The molecule has 0 radical (unpaired) electrons. The molecule has 1 heterocycles. The predicted molar refractivity (Wildman–Crippen MR) is 61.8 cm³/mol. The molecule has 0 aliphatic rings. The van der Waals surface area contributed by atoms with Crippen molar-refractivity contribution in [2.24, 2.45) is 0 Å². The van der Waals surface area contributed by atoms with Crippen LogP contribution in [0.2, 0.25) is 0 Å². The molecular formula is C9H17N5O3. The number of nitrogens with one attached hydrogen (secondary N) is 1. The maximum Gasteiger partial charge on any atom is 0.322 e. The second-order valence-corrected chi connectivity index (χ2v) is 3.31. The SMILES string of the molecule is COCCC(CO)Nc1nc(N)nc(OC)n1. The van der Waals surface area contributed by atoms with Gasteiger partial charge < -0.3 is 25.6 Å². The summed E-state index contributed by atoms with van der Waals surface area (Å²) in [6, 6.07) is -0.0788. The van der Waals surface area contributed by atoms with Gasteiger partial charge in [-0.25, -0.2) is 0 Å². The first-order valence-electron chi connectivity index (χ1n) is 5.11. The van der Waals surface area contributed by atoms with Gasteiger partial charge in [-0.1, -0.05) is 0 Å². The van der Waals surface area contributed by atoms with Crippen molar-refractivity contribution in [3.63, 3.8) is 0 Å². The van der Waals surface area contributed by atoms with Crippen LogP contribution in [-0.2, 0) is 4.74 Å². The van der Waals surface area contributed by atoms with Crippen LogP contribution in [0.1, 0.15) is 6.42 Å². The number of nitrogen functional groups attached to an aromatic ring is 1. The van der Waals surface area contributed by atoms with Crippen molar-refractivity contribution >= 4 is 11.9 Å². The fraction of sp³-hybridized carbons (Fsp3) is 0.667. The summed E-state index contributed by atoms with van der Waals surface area (Å²) in [6.45, 7) is 0.465. The van der Waals surface area contributed by atoms with Crippen LogP contribution < -0.4 is 15.8 Å². The van der Waals surface area contributed by atoms with Crippen molar-refractivity contribution in [2.45, 2.75) is 12.5 Å². The second kappa shape index (κ2) is 6.81. The Balaban J connectivity index is 2.68. The number of methoxy groups -OCH3 is 2. The summed E-state index contributed by atoms with van der Waals surface area (Å²) in [7, 11) is 3.03. The Labute approximate surface area is 99.2 Å². The van der Waals surface area contributed by atoms with Crippen molar-refractivity contribution in [1.82, 2.24) is 15.0 Å². The molecule has 1 rings (SSSR count). The van der Waals surface area contributed by atoms with Crippen molar-refractivity contribution < 1.29 is 14.6 Å². The number of nitrogens with two attached hydrogens (primary N) is 1. The van der Waals surface area contributed by atoms with E-state index in [2.05, 4.69) is 20.3 Å². The van der Waals surface area contributed by atoms with Gasteiger partial charge in [-0.05, 0) is 6.42 Å². The van der Waals surface area contributed by atoms with Gasteiger partial charge in [0, 0.05) is 13.7 Å². The highest BCUT2D eigenvalue weighted by Crippen LogP contribution is 2.10. The van der Waals surface area contributed by atoms with Gasteiger partial charge in [-0.2, -0.15) is 15.0 Å². The molecule has 0 aliphatic heterocycles. The summed E-state index contributed by atoms with van der Waals surface area (Å²) in [5, 5.41) is 12.1. The Hall–Kier alpha value is -1.67. The largest absolute Gasteiger partial charge is 0.467 e. The van der Waals surface area contributed by atoms with Crippen molar-refractivity contribution in [1.29, 1.82) is 0 Å². The van der Waals surface area contributed by atoms with E-state index in [-0.39, 0.29) is 30.6 Å². The van der Waals surface area contributed by atoms with E-state index in [0.717, 1.165) is 0 Å². The van der Waals surface area contributed by atoms with E-state index in [0.29, 0.717) is 13.0 Å². The highest BCUT2D eigenvalue weighted by molar-refractivity contribution is 5.33. The standard InChI is InChI=1S/C9H17N5O3/c1-16-4-3-6(5-15)11-8-12-7(10)13-9(14-8)17-2/h6,15H,3-5H2,1-2H3,(H3,10,11,12,13,14). The third-order valence-electron chi connectivity index (χ3n) is 2.04. The van der Waals surface area contributed by atoms with Crippen LogP contribution in [0.4, 0.5) is 11.9 Å². The van der Waals surface area contributed by atoms with Gasteiger partial charge >= 0.3 is 6.01 Å². The first-order valence-corrected chi connectivity index (χ1v) is 5.11. The number of hydrogen-bond donors (Lipinski definition) is 3. The average Bonchev–Trinajstić information content (AvgIpc) is 2.33. The number of ether oxygens (including phenoxy) is 2. The van der Waals surface area contributed by atoms with Crippen LogP contribution in [0.5, 0.6) is 6.01 Å². The van der Waals surface area contributed by atoms with E-state index < -0.39 is 0 Å². The molecule has 0 aliphatic carbocycles. The van der Waals surface area contributed by atoms with Crippen LogP contribution in [0.25, 0.3) is 0 Å².